The van der Waals surface area contributed by atoms with E-state index in [0.717, 1.165) is 53.6 Å². The second-order valence-electron chi connectivity index (χ2n) is 8.54. The van der Waals surface area contributed by atoms with Crippen molar-refractivity contribution >= 4 is 27.3 Å². The summed E-state index contributed by atoms with van der Waals surface area (Å²) >= 11 is 0. The number of hydrogen-bond donors (Lipinski definition) is 1. The topological polar surface area (TPSA) is 103 Å². The number of thiol groups is 1. The van der Waals surface area contributed by atoms with Gasteiger partial charge in [0.15, 0.2) is 0 Å². The number of benzene rings is 1. The van der Waals surface area contributed by atoms with Crippen molar-refractivity contribution < 1.29 is 8.42 Å². The smallest absolute Gasteiger partial charge is 0.232 e. The molecular weight excluding hydrogens is 448 g/mol. The number of pyridine rings is 1. The fourth-order valence-electron chi connectivity index (χ4n) is 4.87. The first-order valence-electron chi connectivity index (χ1n) is 11.9. The molecule has 0 amide bonds. The highest BCUT2D eigenvalue weighted by atomic mass is 32.2. The van der Waals surface area contributed by atoms with Crippen molar-refractivity contribution in [1.82, 2.24) is 20.0 Å². The number of nitriles is 1. The Kier molecular flexibility index (Phi) is 7.70. The molecule has 0 bridgehead atoms. The molecule has 1 aliphatic carbocycles. The molecule has 0 radical (unpaired) electrons. The second-order valence-corrected chi connectivity index (χ2v) is 9.52. The number of fused-ring (bicyclic) bond motifs is 1. The lowest BCUT2D eigenvalue weighted by Crippen LogP contribution is -2.50. The van der Waals surface area contributed by atoms with Gasteiger partial charge in [0.1, 0.15) is 16.8 Å². The van der Waals surface area contributed by atoms with Crippen LogP contribution in [0.5, 0.6) is 0 Å². The molecular formula is C25H30N6O2S. The van der Waals surface area contributed by atoms with Crippen molar-refractivity contribution in [3.63, 3.8) is 0 Å². The first-order valence-corrected chi connectivity index (χ1v) is 13.2. The molecule has 0 N–H and O–H groups in total. The van der Waals surface area contributed by atoms with E-state index >= 15 is 0 Å². The van der Waals surface area contributed by atoms with Crippen LogP contribution in [0, 0.1) is 11.3 Å². The van der Waals surface area contributed by atoms with Crippen molar-refractivity contribution in [3.05, 3.63) is 48.2 Å². The van der Waals surface area contributed by atoms with Crippen molar-refractivity contribution in [1.29, 1.82) is 5.26 Å². The van der Waals surface area contributed by atoms with Gasteiger partial charge in [0.05, 0.1) is 17.0 Å². The lowest BCUT2D eigenvalue weighted by atomic mass is 9.93. The third-order valence-electron chi connectivity index (χ3n) is 6.48. The van der Waals surface area contributed by atoms with Crippen LogP contribution in [0.1, 0.15) is 57.3 Å². The van der Waals surface area contributed by atoms with E-state index in [1.807, 2.05) is 24.3 Å². The molecule has 0 atom stereocenters. The summed E-state index contributed by atoms with van der Waals surface area (Å²) in [7, 11) is -2.61. The van der Waals surface area contributed by atoms with Crippen LogP contribution in [-0.4, -0.2) is 47.5 Å². The molecule has 1 aliphatic rings. The zero-order chi connectivity index (χ0) is 24.1. The Labute approximate surface area is 202 Å². The minimum Gasteiger partial charge on any atom is -0.302 e. The SMILES string of the molecule is CCN(CC)N(c1c(C[SH](=O)=O)cnc2ccc(-c3cnc(C#N)nc3)cc12)C1CCCCC1. The van der Waals surface area contributed by atoms with Crippen molar-refractivity contribution in [3.8, 4) is 17.2 Å². The molecule has 1 saturated carbocycles. The number of anilines is 1. The number of aromatic nitrogens is 3. The number of rotatable bonds is 8. The summed E-state index contributed by atoms with van der Waals surface area (Å²) in [6.07, 6.45) is 10.7. The standard InChI is InChI=1S/C25H30N6O2S/c1-3-30(4-2)31(21-8-6-5-7-9-21)25-20(17-34(32)33)16-27-23-11-10-18(12-22(23)25)19-14-28-24(13-26)29-15-19/h10-12,14-16,21,34H,3-9,17H2,1-2H3. The Morgan fingerprint density at radius 2 is 1.71 bits per heavy atom. The van der Waals surface area contributed by atoms with Gasteiger partial charge in [0.2, 0.25) is 5.82 Å². The predicted molar refractivity (Wildman–Crippen MR) is 134 cm³/mol. The lowest BCUT2D eigenvalue weighted by molar-refractivity contribution is 0.220. The highest BCUT2D eigenvalue weighted by Gasteiger charge is 2.29. The summed E-state index contributed by atoms with van der Waals surface area (Å²) in [5.74, 6) is 0.0703. The largest absolute Gasteiger partial charge is 0.302 e. The minimum atomic E-state index is -2.61. The maximum Gasteiger partial charge on any atom is 0.232 e. The van der Waals surface area contributed by atoms with E-state index in [0.29, 0.717) is 11.6 Å². The van der Waals surface area contributed by atoms with Crippen LogP contribution < -0.4 is 5.01 Å². The first kappa shape index (κ1) is 24.0. The van der Waals surface area contributed by atoms with Crippen LogP contribution in [0.4, 0.5) is 5.69 Å². The molecule has 0 saturated heterocycles. The molecule has 34 heavy (non-hydrogen) atoms. The molecule has 2 heterocycles. The Hall–Kier alpha value is -3.09. The molecule has 4 rings (SSSR count). The molecule has 9 heteroatoms. The van der Waals surface area contributed by atoms with E-state index in [2.05, 4.69) is 38.8 Å². The fraction of sp³-hybridized carbons (Fsp3) is 0.440. The van der Waals surface area contributed by atoms with E-state index in [1.165, 1.54) is 19.3 Å². The number of nitrogens with zero attached hydrogens (tertiary/aromatic N) is 6. The van der Waals surface area contributed by atoms with Gasteiger partial charge in [-0.15, -0.1) is 0 Å². The van der Waals surface area contributed by atoms with Gasteiger partial charge in [0, 0.05) is 54.2 Å². The molecule has 0 unspecified atom stereocenters. The Balaban J connectivity index is 1.95. The van der Waals surface area contributed by atoms with E-state index < -0.39 is 10.7 Å². The summed E-state index contributed by atoms with van der Waals surface area (Å²) in [5, 5.41) is 14.6. The minimum absolute atomic E-state index is 0.0533. The van der Waals surface area contributed by atoms with Crippen LogP contribution in [-0.2, 0) is 16.5 Å². The van der Waals surface area contributed by atoms with Gasteiger partial charge in [-0.1, -0.05) is 39.2 Å². The van der Waals surface area contributed by atoms with Crippen LogP contribution in [0.2, 0.25) is 0 Å². The monoisotopic (exact) mass is 478 g/mol. The van der Waals surface area contributed by atoms with Crippen molar-refractivity contribution in [2.24, 2.45) is 0 Å². The summed E-state index contributed by atoms with van der Waals surface area (Å²) in [6.45, 7) is 5.91. The maximum absolute atomic E-state index is 11.8. The van der Waals surface area contributed by atoms with Crippen molar-refractivity contribution in [2.75, 3.05) is 18.1 Å². The second kappa shape index (κ2) is 10.9. The summed E-state index contributed by atoms with van der Waals surface area (Å²) in [5.41, 5.74) is 4.14. The average Bonchev–Trinajstić information content (AvgIpc) is 2.87. The molecule has 0 spiro atoms. The Morgan fingerprint density at radius 1 is 1.00 bits per heavy atom. The Morgan fingerprint density at radius 3 is 2.32 bits per heavy atom. The van der Waals surface area contributed by atoms with Crippen LogP contribution >= 0.6 is 0 Å². The molecule has 178 valence electrons. The van der Waals surface area contributed by atoms with Gasteiger partial charge in [0.25, 0.3) is 0 Å². The predicted octanol–water partition coefficient (Wildman–Crippen LogP) is 4.07. The average molecular weight is 479 g/mol. The van der Waals surface area contributed by atoms with E-state index in [9.17, 15) is 8.42 Å². The zero-order valence-electron chi connectivity index (χ0n) is 19.6. The van der Waals surface area contributed by atoms with Crippen LogP contribution in [0.25, 0.3) is 22.0 Å². The highest BCUT2D eigenvalue weighted by molar-refractivity contribution is 7.71. The number of hydrazine groups is 1. The molecule has 8 nitrogen and oxygen atoms in total. The highest BCUT2D eigenvalue weighted by Crippen LogP contribution is 2.38. The zero-order valence-corrected chi connectivity index (χ0v) is 20.5. The lowest BCUT2D eigenvalue weighted by Gasteiger charge is -2.44. The molecule has 0 aliphatic heterocycles. The summed E-state index contributed by atoms with van der Waals surface area (Å²) in [4.78, 5) is 12.8. The van der Waals surface area contributed by atoms with Gasteiger partial charge in [-0.05, 0) is 30.5 Å². The quantitative estimate of drug-likeness (QED) is 0.382. The van der Waals surface area contributed by atoms with E-state index in [1.54, 1.807) is 18.6 Å². The van der Waals surface area contributed by atoms with Gasteiger partial charge in [-0.25, -0.2) is 23.4 Å². The molecule has 1 fully saturated rings. The number of hydrogen-bond acceptors (Lipinski definition) is 8. The molecule has 1 aromatic carbocycles. The Bertz CT molecular complexity index is 1250. The van der Waals surface area contributed by atoms with Gasteiger partial charge < -0.3 is 5.01 Å². The van der Waals surface area contributed by atoms with Crippen LogP contribution in [0.3, 0.4) is 0 Å². The van der Waals surface area contributed by atoms with Gasteiger partial charge in [-0.3, -0.25) is 4.98 Å². The first-order chi connectivity index (χ1) is 16.5. The van der Waals surface area contributed by atoms with E-state index in [4.69, 9.17) is 5.26 Å². The summed E-state index contributed by atoms with van der Waals surface area (Å²) in [6, 6.07) is 8.21. The molecule has 3 aromatic rings. The van der Waals surface area contributed by atoms with E-state index in [-0.39, 0.29) is 11.6 Å². The maximum atomic E-state index is 11.8. The third-order valence-corrected chi connectivity index (χ3v) is 7.08. The van der Waals surface area contributed by atoms with Gasteiger partial charge in [-0.2, -0.15) is 5.26 Å². The normalized spacial score (nSPS) is 14.6. The fourth-order valence-corrected chi connectivity index (χ4v) is 5.38. The van der Waals surface area contributed by atoms with Gasteiger partial charge >= 0.3 is 0 Å². The summed E-state index contributed by atoms with van der Waals surface area (Å²) < 4.78 is 23.7. The molecule has 2 aromatic heterocycles. The third kappa shape index (κ3) is 5.03. The van der Waals surface area contributed by atoms with Crippen LogP contribution in [0.15, 0.2) is 36.8 Å². The van der Waals surface area contributed by atoms with Crippen molar-refractivity contribution in [2.45, 2.75) is 57.7 Å².